The molecule has 0 bridgehead atoms. The molecule has 5 nitrogen and oxygen atoms in total. The summed E-state index contributed by atoms with van der Waals surface area (Å²) in [6.45, 7) is 3.21. The van der Waals surface area contributed by atoms with Crippen molar-refractivity contribution in [3.8, 4) is 0 Å². The molecule has 0 spiro atoms. The smallest absolute Gasteiger partial charge is 0.337 e. The molecule has 1 N–H and O–H groups in total. The fourth-order valence-electron chi connectivity index (χ4n) is 2.50. The maximum atomic E-state index is 12.1. The van der Waals surface area contributed by atoms with Crippen LogP contribution in [0.5, 0.6) is 0 Å². The van der Waals surface area contributed by atoms with Crippen molar-refractivity contribution in [1.82, 2.24) is 4.57 Å². The van der Waals surface area contributed by atoms with Crippen LogP contribution in [-0.4, -0.2) is 28.2 Å². The van der Waals surface area contributed by atoms with Gasteiger partial charge in [-0.3, -0.25) is 4.79 Å². The molecule has 1 aromatic heterocycles. The molecular formula is C14H19NO4. The molecule has 2 rings (SSSR count). The zero-order valence-electron chi connectivity index (χ0n) is 11.1. The van der Waals surface area contributed by atoms with Gasteiger partial charge < -0.3 is 14.4 Å². The summed E-state index contributed by atoms with van der Waals surface area (Å²) in [6.07, 6.45) is 5.08. The van der Waals surface area contributed by atoms with E-state index < -0.39 is 11.9 Å². The molecule has 1 atom stereocenters. The van der Waals surface area contributed by atoms with E-state index in [1.807, 2.05) is 11.5 Å². The highest BCUT2D eigenvalue weighted by Crippen LogP contribution is 2.32. The maximum absolute atomic E-state index is 12.1. The van der Waals surface area contributed by atoms with E-state index in [9.17, 15) is 14.7 Å². The number of nitrogens with zero attached hydrogens (tertiary/aromatic N) is 1. The lowest BCUT2D eigenvalue weighted by molar-refractivity contribution is -0.146. The number of carboxylic acid groups (broad SMARTS) is 1. The van der Waals surface area contributed by atoms with Crippen molar-refractivity contribution in [2.75, 3.05) is 6.61 Å². The zero-order chi connectivity index (χ0) is 13.8. The molecule has 5 heteroatoms. The topological polar surface area (TPSA) is 68.5 Å². The van der Waals surface area contributed by atoms with Crippen LogP contribution in [-0.2, 0) is 16.1 Å². The van der Waals surface area contributed by atoms with Gasteiger partial charge in [0.25, 0.3) is 0 Å². The lowest BCUT2D eigenvalue weighted by atomic mass is 9.93. The van der Waals surface area contributed by atoms with E-state index in [1.54, 1.807) is 12.3 Å². The van der Waals surface area contributed by atoms with Gasteiger partial charge in [0.1, 0.15) is 0 Å². The van der Waals surface area contributed by atoms with E-state index in [1.165, 1.54) is 0 Å². The van der Waals surface area contributed by atoms with Gasteiger partial charge in [0, 0.05) is 18.4 Å². The normalized spacial score (nSPS) is 17.8. The van der Waals surface area contributed by atoms with Gasteiger partial charge in [0.2, 0.25) is 0 Å². The molecule has 0 fully saturated rings. The van der Waals surface area contributed by atoms with Crippen LogP contribution in [0.4, 0.5) is 0 Å². The molecular weight excluding hydrogens is 246 g/mol. The Balaban J connectivity index is 2.18. The lowest BCUT2D eigenvalue weighted by Crippen LogP contribution is -2.25. The summed E-state index contributed by atoms with van der Waals surface area (Å²) < 4.78 is 7.10. The summed E-state index contributed by atoms with van der Waals surface area (Å²) in [6, 6.07) is 1.56. The number of esters is 1. The monoisotopic (exact) mass is 265 g/mol. The SMILES string of the molecule is CCCCOC(=O)C1CCCn2ccc(C(=O)O)c21. The van der Waals surface area contributed by atoms with Crippen molar-refractivity contribution in [3.05, 3.63) is 23.5 Å². The van der Waals surface area contributed by atoms with Gasteiger partial charge in [0.15, 0.2) is 0 Å². The van der Waals surface area contributed by atoms with Gasteiger partial charge >= 0.3 is 11.9 Å². The summed E-state index contributed by atoms with van der Waals surface area (Å²) in [5.41, 5.74) is 0.817. The van der Waals surface area contributed by atoms with Gasteiger partial charge in [-0.15, -0.1) is 0 Å². The largest absolute Gasteiger partial charge is 0.478 e. The fraction of sp³-hybridized carbons (Fsp3) is 0.571. The van der Waals surface area contributed by atoms with Gasteiger partial charge in [-0.05, 0) is 25.3 Å². The van der Waals surface area contributed by atoms with Crippen LogP contribution in [0, 0.1) is 0 Å². The number of unbranched alkanes of at least 4 members (excludes halogenated alkanes) is 1. The highest BCUT2D eigenvalue weighted by molar-refractivity contribution is 5.92. The van der Waals surface area contributed by atoms with Crippen LogP contribution in [0.25, 0.3) is 0 Å². The second kappa shape index (κ2) is 5.91. The molecule has 0 aliphatic carbocycles. The molecule has 19 heavy (non-hydrogen) atoms. The minimum atomic E-state index is -0.984. The number of rotatable bonds is 5. The molecule has 0 aromatic carbocycles. The average Bonchev–Trinajstić information content (AvgIpc) is 2.82. The van der Waals surface area contributed by atoms with Crippen LogP contribution >= 0.6 is 0 Å². The third kappa shape index (κ3) is 2.80. The predicted molar refractivity (Wildman–Crippen MR) is 69.2 cm³/mol. The fourth-order valence-corrected chi connectivity index (χ4v) is 2.50. The van der Waals surface area contributed by atoms with Crippen molar-refractivity contribution in [2.24, 2.45) is 0 Å². The Morgan fingerprint density at radius 1 is 1.53 bits per heavy atom. The van der Waals surface area contributed by atoms with Crippen molar-refractivity contribution in [2.45, 2.75) is 45.1 Å². The number of aromatic carboxylic acids is 1. The Hall–Kier alpha value is -1.78. The molecule has 1 aliphatic heterocycles. The van der Waals surface area contributed by atoms with E-state index in [4.69, 9.17) is 4.74 Å². The van der Waals surface area contributed by atoms with Gasteiger partial charge in [-0.1, -0.05) is 13.3 Å². The van der Waals surface area contributed by atoms with Crippen molar-refractivity contribution >= 4 is 11.9 Å². The summed E-state index contributed by atoms with van der Waals surface area (Å²) in [7, 11) is 0. The maximum Gasteiger partial charge on any atom is 0.337 e. The van der Waals surface area contributed by atoms with E-state index in [0.29, 0.717) is 18.7 Å². The summed E-state index contributed by atoms with van der Waals surface area (Å²) in [5, 5.41) is 9.18. The molecule has 2 heterocycles. The third-order valence-electron chi connectivity index (χ3n) is 3.49. The van der Waals surface area contributed by atoms with Gasteiger partial charge in [-0.2, -0.15) is 0 Å². The Bertz CT molecular complexity index is 478. The second-order valence-corrected chi connectivity index (χ2v) is 4.83. The van der Waals surface area contributed by atoms with E-state index in [2.05, 4.69) is 0 Å². The molecule has 0 radical (unpaired) electrons. The highest BCUT2D eigenvalue weighted by atomic mass is 16.5. The molecule has 104 valence electrons. The molecule has 0 saturated heterocycles. The van der Waals surface area contributed by atoms with Gasteiger partial charge in [-0.25, -0.2) is 4.79 Å². The minimum absolute atomic E-state index is 0.220. The number of aromatic nitrogens is 1. The number of hydrogen-bond donors (Lipinski definition) is 1. The Morgan fingerprint density at radius 3 is 3.00 bits per heavy atom. The van der Waals surface area contributed by atoms with Gasteiger partial charge in [0.05, 0.1) is 18.1 Å². The number of carboxylic acids is 1. The first-order valence-electron chi connectivity index (χ1n) is 6.74. The number of hydrogen-bond acceptors (Lipinski definition) is 3. The number of carbonyl (C=O) groups excluding carboxylic acids is 1. The molecule has 0 amide bonds. The number of carbonyl (C=O) groups is 2. The number of ether oxygens (including phenoxy) is 1. The van der Waals surface area contributed by atoms with E-state index in [-0.39, 0.29) is 11.5 Å². The first kappa shape index (κ1) is 13.6. The van der Waals surface area contributed by atoms with Crippen LogP contribution < -0.4 is 0 Å². The zero-order valence-corrected chi connectivity index (χ0v) is 11.1. The first-order valence-corrected chi connectivity index (χ1v) is 6.74. The first-order chi connectivity index (χ1) is 9.15. The standard InChI is InChI=1S/C14H19NO4/c1-2-3-9-19-14(18)11-5-4-7-15-8-6-10(12(11)15)13(16)17/h6,8,11H,2-5,7,9H2,1H3,(H,16,17). The van der Waals surface area contributed by atoms with Crippen molar-refractivity contribution < 1.29 is 19.4 Å². The number of aryl methyl sites for hydroxylation is 1. The van der Waals surface area contributed by atoms with Crippen LogP contribution in [0.15, 0.2) is 12.3 Å². The van der Waals surface area contributed by atoms with Crippen LogP contribution in [0.3, 0.4) is 0 Å². The second-order valence-electron chi connectivity index (χ2n) is 4.83. The highest BCUT2D eigenvalue weighted by Gasteiger charge is 2.32. The summed E-state index contributed by atoms with van der Waals surface area (Å²) in [4.78, 5) is 23.3. The van der Waals surface area contributed by atoms with Crippen molar-refractivity contribution in [3.63, 3.8) is 0 Å². The molecule has 0 saturated carbocycles. The Kier molecular flexibility index (Phi) is 4.24. The predicted octanol–water partition coefficient (Wildman–Crippen LogP) is 2.41. The van der Waals surface area contributed by atoms with Crippen molar-refractivity contribution in [1.29, 1.82) is 0 Å². The summed E-state index contributed by atoms with van der Waals surface area (Å²) in [5.74, 6) is -1.72. The molecule has 1 aliphatic rings. The number of fused-ring (bicyclic) bond motifs is 1. The van der Waals surface area contributed by atoms with Crippen LogP contribution in [0.1, 0.15) is 54.6 Å². The Morgan fingerprint density at radius 2 is 2.32 bits per heavy atom. The average molecular weight is 265 g/mol. The summed E-state index contributed by atoms with van der Waals surface area (Å²) >= 11 is 0. The quantitative estimate of drug-likeness (QED) is 0.655. The van der Waals surface area contributed by atoms with Crippen LogP contribution in [0.2, 0.25) is 0 Å². The Labute approximate surface area is 112 Å². The molecule has 1 aromatic rings. The third-order valence-corrected chi connectivity index (χ3v) is 3.49. The lowest BCUT2D eigenvalue weighted by Gasteiger charge is -2.24. The van der Waals surface area contributed by atoms with E-state index >= 15 is 0 Å². The van der Waals surface area contributed by atoms with E-state index in [0.717, 1.165) is 25.8 Å². The minimum Gasteiger partial charge on any atom is -0.478 e. The molecule has 1 unspecified atom stereocenters.